The predicted octanol–water partition coefficient (Wildman–Crippen LogP) is 7.48. The van der Waals surface area contributed by atoms with Gasteiger partial charge in [-0.25, -0.2) is 0 Å². The van der Waals surface area contributed by atoms with Crippen LogP contribution in [0.1, 0.15) is 65.2 Å². The minimum atomic E-state index is 0.257. The number of carbonyl (C=O) groups is 1. The van der Waals surface area contributed by atoms with Gasteiger partial charge >= 0.3 is 0 Å². The summed E-state index contributed by atoms with van der Waals surface area (Å²) in [7, 11) is 0. The molecule has 3 aromatic rings. The second kappa shape index (κ2) is 7.69. The molecule has 0 fully saturated rings. The van der Waals surface area contributed by atoms with Gasteiger partial charge in [0.05, 0.1) is 10.4 Å². The SMILES string of the molecule is CCCCC(CC)CN1Cc2c(C)sc(-c3cc4sc(C)cc4s3)c2C1=O. The highest BCUT2D eigenvalue weighted by molar-refractivity contribution is 7.31. The third-order valence-corrected chi connectivity index (χ3v) is 9.17. The lowest BCUT2D eigenvalue weighted by molar-refractivity contribution is 0.0747. The van der Waals surface area contributed by atoms with Crippen LogP contribution in [0.3, 0.4) is 0 Å². The van der Waals surface area contributed by atoms with Gasteiger partial charge in [0.15, 0.2) is 0 Å². The monoisotopic (exact) mass is 417 g/mol. The van der Waals surface area contributed by atoms with E-state index >= 15 is 0 Å². The zero-order valence-corrected chi connectivity index (χ0v) is 19.0. The molecule has 1 unspecified atom stereocenters. The molecule has 0 aliphatic carbocycles. The van der Waals surface area contributed by atoms with Gasteiger partial charge in [-0.1, -0.05) is 33.1 Å². The summed E-state index contributed by atoms with van der Waals surface area (Å²) in [5, 5.41) is 0. The number of thiophene rings is 3. The van der Waals surface area contributed by atoms with Crippen LogP contribution in [-0.4, -0.2) is 17.4 Å². The minimum absolute atomic E-state index is 0.257. The fraction of sp³-hybridized carbons (Fsp3) is 0.500. The van der Waals surface area contributed by atoms with Crippen molar-refractivity contribution in [3.63, 3.8) is 0 Å². The van der Waals surface area contributed by atoms with Crippen molar-refractivity contribution in [3.05, 3.63) is 33.0 Å². The molecule has 1 atom stereocenters. The fourth-order valence-electron chi connectivity index (χ4n) is 4.03. The van der Waals surface area contributed by atoms with Gasteiger partial charge < -0.3 is 4.90 Å². The molecular formula is C22H27NOS3. The van der Waals surface area contributed by atoms with E-state index in [1.54, 1.807) is 11.3 Å². The number of carbonyl (C=O) groups excluding carboxylic acids is 1. The van der Waals surface area contributed by atoms with E-state index in [1.165, 1.54) is 53.7 Å². The first-order valence-corrected chi connectivity index (χ1v) is 12.4. The molecule has 0 aromatic carbocycles. The number of unbranched alkanes of at least 4 members (excludes halogenated alkanes) is 1. The highest BCUT2D eigenvalue weighted by Crippen LogP contribution is 2.46. The van der Waals surface area contributed by atoms with Gasteiger partial charge in [0.25, 0.3) is 5.91 Å². The maximum atomic E-state index is 13.3. The van der Waals surface area contributed by atoms with Crippen molar-refractivity contribution in [2.45, 2.75) is 59.9 Å². The molecule has 0 radical (unpaired) electrons. The molecule has 4 rings (SSSR count). The summed E-state index contributed by atoms with van der Waals surface area (Å²) in [6.45, 7) is 10.6. The van der Waals surface area contributed by atoms with Crippen molar-refractivity contribution in [1.82, 2.24) is 4.90 Å². The minimum Gasteiger partial charge on any atom is -0.334 e. The molecule has 0 spiro atoms. The molecule has 0 saturated carbocycles. The number of nitrogens with zero attached hydrogens (tertiary/aromatic N) is 1. The summed E-state index contributed by atoms with van der Waals surface area (Å²) >= 11 is 5.49. The number of fused-ring (bicyclic) bond motifs is 2. The molecule has 1 aliphatic rings. The van der Waals surface area contributed by atoms with Crippen molar-refractivity contribution in [2.75, 3.05) is 6.54 Å². The molecule has 0 bridgehead atoms. The quantitative estimate of drug-likeness (QED) is 0.390. The van der Waals surface area contributed by atoms with E-state index in [-0.39, 0.29) is 5.91 Å². The molecule has 2 nitrogen and oxygen atoms in total. The van der Waals surface area contributed by atoms with Gasteiger partial charge in [0.1, 0.15) is 0 Å². The number of aryl methyl sites for hydroxylation is 2. The van der Waals surface area contributed by atoms with Crippen LogP contribution in [0.2, 0.25) is 0 Å². The van der Waals surface area contributed by atoms with Crippen LogP contribution in [0.15, 0.2) is 12.1 Å². The van der Waals surface area contributed by atoms with Crippen LogP contribution in [0, 0.1) is 19.8 Å². The van der Waals surface area contributed by atoms with Gasteiger partial charge in [-0.3, -0.25) is 4.79 Å². The normalized spacial score (nSPS) is 15.1. The molecule has 1 aliphatic heterocycles. The molecule has 3 aromatic heterocycles. The first-order chi connectivity index (χ1) is 13.0. The van der Waals surface area contributed by atoms with Crippen LogP contribution >= 0.6 is 34.0 Å². The van der Waals surface area contributed by atoms with Gasteiger partial charge in [0.2, 0.25) is 0 Å². The summed E-state index contributed by atoms with van der Waals surface area (Å²) in [6, 6.07) is 4.55. The van der Waals surface area contributed by atoms with Gasteiger partial charge in [0, 0.05) is 37.1 Å². The Hall–Kier alpha value is -1.17. The summed E-state index contributed by atoms with van der Waals surface area (Å²) in [4.78, 5) is 20.5. The molecule has 27 heavy (non-hydrogen) atoms. The van der Waals surface area contributed by atoms with Crippen LogP contribution in [0.4, 0.5) is 0 Å². The van der Waals surface area contributed by atoms with E-state index < -0.39 is 0 Å². The summed E-state index contributed by atoms with van der Waals surface area (Å²) in [5.41, 5.74) is 2.27. The second-order valence-corrected chi connectivity index (χ2v) is 11.2. The highest BCUT2D eigenvalue weighted by atomic mass is 32.1. The van der Waals surface area contributed by atoms with E-state index in [4.69, 9.17) is 0 Å². The van der Waals surface area contributed by atoms with E-state index in [9.17, 15) is 4.79 Å². The van der Waals surface area contributed by atoms with Crippen molar-refractivity contribution < 1.29 is 4.79 Å². The van der Waals surface area contributed by atoms with Crippen LogP contribution in [-0.2, 0) is 6.54 Å². The Kier molecular flexibility index (Phi) is 5.45. The predicted molar refractivity (Wildman–Crippen MR) is 121 cm³/mol. The molecule has 4 heterocycles. The number of hydrogen-bond donors (Lipinski definition) is 0. The Morgan fingerprint density at radius 2 is 1.89 bits per heavy atom. The van der Waals surface area contributed by atoms with E-state index in [0.29, 0.717) is 5.92 Å². The molecule has 144 valence electrons. The van der Waals surface area contributed by atoms with Crippen LogP contribution in [0.5, 0.6) is 0 Å². The zero-order chi connectivity index (χ0) is 19.1. The lowest BCUT2D eigenvalue weighted by Gasteiger charge is -2.23. The largest absolute Gasteiger partial charge is 0.334 e. The number of rotatable bonds is 7. The third kappa shape index (κ3) is 3.50. The Bertz CT molecular complexity index is 946. The standard InChI is InChI=1S/C22H27NOS3/c1-5-7-8-15(6-2)11-23-12-16-14(4)26-21(20(16)22(23)24)19-10-18-17(27-19)9-13(3)25-18/h9-10,15H,5-8,11-12H2,1-4H3. The van der Waals surface area contributed by atoms with Crippen molar-refractivity contribution >= 4 is 49.3 Å². The Morgan fingerprint density at radius 3 is 2.59 bits per heavy atom. The summed E-state index contributed by atoms with van der Waals surface area (Å²) < 4.78 is 2.69. The molecular weight excluding hydrogens is 390 g/mol. The molecule has 1 amide bonds. The first kappa shape index (κ1) is 19.2. The van der Waals surface area contributed by atoms with E-state index in [1.807, 2.05) is 22.7 Å². The highest BCUT2D eigenvalue weighted by Gasteiger charge is 2.35. The number of amides is 1. The van der Waals surface area contributed by atoms with Crippen molar-refractivity contribution in [1.29, 1.82) is 0 Å². The lowest BCUT2D eigenvalue weighted by atomic mass is 9.99. The Labute approximate surface area is 173 Å². The van der Waals surface area contributed by atoms with E-state index in [0.717, 1.165) is 25.1 Å². The molecule has 5 heteroatoms. The Morgan fingerprint density at radius 1 is 1.11 bits per heavy atom. The van der Waals surface area contributed by atoms with Crippen LogP contribution < -0.4 is 0 Å². The summed E-state index contributed by atoms with van der Waals surface area (Å²) in [6.07, 6.45) is 4.88. The van der Waals surface area contributed by atoms with Crippen LogP contribution in [0.25, 0.3) is 19.2 Å². The first-order valence-electron chi connectivity index (χ1n) is 9.93. The zero-order valence-electron chi connectivity index (χ0n) is 16.6. The van der Waals surface area contributed by atoms with E-state index in [2.05, 4.69) is 44.7 Å². The van der Waals surface area contributed by atoms with Gasteiger partial charge in [-0.2, -0.15) is 0 Å². The maximum absolute atomic E-state index is 13.3. The maximum Gasteiger partial charge on any atom is 0.256 e. The third-order valence-electron chi connectivity index (χ3n) is 5.63. The average Bonchev–Trinajstić information content (AvgIpc) is 3.34. The average molecular weight is 418 g/mol. The van der Waals surface area contributed by atoms with Crippen molar-refractivity contribution in [2.24, 2.45) is 5.92 Å². The van der Waals surface area contributed by atoms with Crippen molar-refractivity contribution in [3.8, 4) is 9.75 Å². The second-order valence-electron chi connectivity index (χ2n) is 7.64. The Balaban J connectivity index is 1.62. The molecule has 0 N–H and O–H groups in total. The fourth-order valence-corrected chi connectivity index (χ4v) is 7.62. The number of hydrogen-bond acceptors (Lipinski definition) is 4. The topological polar surface area (TPSA) is 20.3 Å². The van der Waals surface area contributed by atoms with Gasteiger partial charge in [-0.05, 0) is 43.9 Å². The lowest BCUT2D eigenvalue weighted by Crippen LogP contribution is -2.30. The smallest absolute Gasteiger partial charge is 0.256 e. The summed E-state index contributed by atoms with van der Waals surface area (Å²) in [5.74, 6) is 0.882. The van der Waals surface area contributed by atoms with Gasteiger partial charge in [-0.15, -0.1) is 34.0 Å². The molecule has 0 saturated heterocycles.